The van der Waals surface area contributed by atoms with E-state index in [0.717, 1.165) is 24.6 Å². The summed E-state index contributed by atoms with van der Waals surface area (Å²) >= 11 is 1.84. The standard InChI is InChI=1S/C15H18N4O2S/c1-11-14(20)19(12-5-3-2-4-6-12)17-13(16-11)15(21)18-7-9-22-10-8-18/h2-6,11H,7-10H2,1H3,(H,16,17). The van der Waals surface area contributed by atoms with Crippen molar-refractivity contribution in [3.8, 4) is 0 Å². The smallest absolute Gasteiger partial charge is 0.290 e. The van der Waals surface area contributed by atoms with Crippen LogP contribution in [0, 0.1) is 0 Å². The molecule has 7 heteroatoms. The van der Waals surface area contributed by atoms with Gasteiger partial charge in [-0.2, -0.15) is 11.8 Å². The van der Waals surface area contributed by atoms with Crippen molar-refractivity contribution in [2.75, 3.05) is 29.6 Å². The monoisotopic (exact) mass is 318 g/mol. The van der Waals surface area contributed by atoms with E-state index in [1.807, 2.05) is 42.1 Å². The van der Waals surface area contributed by atoms with Gasteiger partial charge in [-0.3, -0.25) is 15.0 Å². The number of hydrogen-bond donors (Lipinski definition) is 1. The summed E-state index contributed by atoms with van der Waals surface area (Å²) in [5.74, 6) is 1.81. The molecule has 1 aromatic rings. The molecule has 22 heavy (non-hydrogen) atoms. The summed E-state index contributed by atoms with van der Waals surface area (Å²) in [6.45, 7) is 3.15. The number of carbonyl (C=O) groups is 2. The van der Waals surface area contributed by atoms with Gasteiger partial charge in [0.2, 0.25) is 5.84 Å². The van der Waals surface area contributed by atoms with E-state index in [0.29, 0.717) is 5.69 Å². The fraction of sp³-hybridized carbons (Fsp3) is 0.400. The van der Waals surface area contributed by atoms with Crippen LogP contribution >= 0.6 is 11.8 Å². The Labute approximate surface area is 133 Å². The zero-order chi connectivity index (χ0) is 15.5. The first-order valence-electron chi connectivity index (χ1n) is 7.27. The highest BCUT2D eigenvalue weighted by molar-refractivity contribution is 7.99. The third-order valence-corrected chi connectivity index (χ3v) is 4.58. The lowest BCUT2D eigenvalue weighted by atomic mass is 10.2. The molecule has 0 aliphatic carbocycles. The van der Waals surface area contributed by atoms with Crippen LogP contribution < -0.4 is 10.4 Å². The van der Waals surface area contributed by atoms with Gasteiger partial charge in [0.05, 0.1) is 5.69 Å². The highest BCUT2D eigenvalue weighted by Crippen LogP contribution is 2.17. The SMILES string of the molecule is CC1N=C(C(=O)N2CCSCC2)NN(c2ccccc2)C1=O. The molecule has 6 nitrogen and oxygen atoms in total. The van der Waals surface area contributed by atoms with Crippen LogP contribution in [0.2, 0.25) is 0 Å². The molecule has 2 aliphatic heterocycles. The summed E-state index contributed by atoms with van der Waals surface area (Å²) in [6.07, 6.45) is 0. The van der Waals surface area contributed by atoms with E-state index in [9.17, 15) is 9.59 Å². The van der Waals surface area contributed by atoms with Crippen LogP contribution in [0.5, 0.6) is 0 Å². The Morgan fingerprint density at radius 3 is 2.64 bits per heavy atom. The normalized spacial score (nSPS) is 22.1. The number of para-hydroxylation sites is 1. The molecule has 1 fully saturated rings. The van der Waals surface area contributed by atoms with Gasteiger partial charge in [0.25, 0.3) is 11.8 Å². The molecule has 116 valence electrons. The molecule has 0 saturated carbocycles. The van der Waals surface area contributed by atoms with Crippen LogP contribution in [0.25, 0.3) is 0 Å². The Hall–Kier alpha value is -2.02. The zero-order valence-electron chi connectivity index (χ0n) is 12.4. The van der Waals surface area contributed by atoms with Crippen LogP contribution in [-0.4, -0.2) is 53.2 Å². The van der Waals surface area contributed by atoms with Gasteiger partial charge in [-0.1, -0.05) is 18.2 Å². The summed E-state index contributed by atoms with van der Waals surface area (Å²) in [7, 11) is 0. The molecule has 2 aliphatic rings. The van der Waals surface area contributed by atoms with Crippen LogP contribution in [0.1, 0.15) is 6.92 Å². The number of carbonyl (C=O) groups excluding carboxylic acids is 2. The van der Waals surface area contributed by atoms with Gasteiger partial charge in [-0.15, -0.1) is 0 Å². The first-order valence-corrected chi connectivity index (χ1v) is 8.43. The molecule has 2 amide bonds. The minimum atomic E-state index is -0.570. The maximum absolute atomic E-state index is 12.6. The van der Waals surface area contributed by atoms with Gasteiger partial charge < -0.3 is 4.90 Å². The number of thioether (sulfide) groups is 1. The Balaban J connectivity index is 1.82. The maximum atomic E-state index is 12.6. The van der Waals surface area contributed by atoms with Crippen molar-refractivity contribution in [3.63, 3.8) is 0 Å². The Morgan fingerprint density at radius 2 is 1.95 bits per heavy atom. The van der Waals surface area contributed by atoms with E-state index in [1.165, 1.54) is 5.01 Å². The van der Waals surface area contributed by atoms with Gasteiger partial charge in [0.1, 0.15) is 6.04 Å². The molecule has 0 spiro atoms. The largest absolute Gasteiger partial charge is 0.334 e. The molecule has 0 aromatic heterocycles. The highest BCUT2D eigenvalue weighted by atomic mass is 32.2. The number of hydrogen-bond acceptors (Lipinski definition) is 5. The fourth-order valence-electron chi connectivity index (χ4n) is 2.41. The Morgan fingerprint density at radius 1 is 1.27 bits per heavy atom. The second-order valence-electron chi connectivity index (χ2n) is 5.18. The fourth-order valence-corrected chi connectivity index (χ4v) is 3.32. The van der Waals surface area contributed by atoms with E-state index >= 15 is 0 Å². The van der Waals surface area contributed by atoms with Crippen molar-refractivity contribution < 1.29 is 9.59 Å². The summed E-state index contributed by atoms with van der Waals surface area (Å²) < 4.78 is 0. The molecule has 3 rings (SSSR count). The summed E-state index contributed by atoms with van der Waals surface area (Å²) in [5, 5.41) is 1.41. The molecule has 1 N–H and O–H groups in total. The lowest BCUT2D eigenvalue weighted by Crippen LogP contribution is -2.59. The quantitative estimate of drug-likeness (QED) is 0.880. The van der Waals surface area contributed by atoms with Gasteiger partial charge in [-0.25, -0.2) is 10.0 Å². The Bertz CT molecular complexity index is 599. The van der Waals surface area contributed by atoms with E-state index in [1.54, 1.807) is 11.8 Å². The molecule has 1 unspecified atom stereocenters. The zero-order valence-corrected chi connectivity index (χ0v) is 13.2. The first kappa shape index (κ1) is 14.9. The summed E-state index contributed by atoms with van der Waals surface area (Å²) in [5.41, 5.74) is 3.59. The molecular formula is C15H18N4O2S. The van der Waals surface area contributed by atoms with Crippen molar-refractivity contribution >= 4 is 35.1 Å². The Kier molecular flexibility index (Phi) is 4.33. The molecule has 1 saturated heterocycles. The average Bonchev–Trinajstić information content (AvgIpc) is 2.58. The number of nitrogens with zero attached hydrogens (tertiary/aromatic N) is 3. The predicted molar refractivity (Wildman–Crippen MR) is 87.9 cm³/mol. The van der Waals surface area contributed by atoms with Crippen molar-refractivity contribution in [2.45, 2.75) is 13.0 Å². The van der Waals surface area contributed by atoms with Gasteiger partial charge in [-0.05, 0) is 19.1 Å². The number of aliphatic imine (C=N–C) groups is 1. The second kappa shape index (κ2) is 6.39. The van der Waals surface area contributed by atoms with Crippen molar-refractivity contribution in [1.82, 2.24) is 10.3 Å². The van der Waals surface area contributed by atoms with Crippen LogP contribution in [0.15, 0.2) is 35.3 Å². The molecular weight excluding hydrogens is 300 g/mol. The lowest BCUT2D eigenvalue weighted by molar-refractivity contribution is -0.124. The third-order valence-electron chi connectivity index (χ3n) is 3.63. The lowest BCUT2D eigenvalue weighted by Gasteiger charge is -2.33. The van der Waals surface area contributed by atoms with Crippen LogP contribution in [0.3, 0.4) is 0 Å². The minimum absolute atomic E-state index is 0.138. The predicted octanol–water partition coefficient (Wildman–Crippen LogP) is 0.900. The molecule has 1 atom stereocenters. The molecule has 0 radical (unpaired) electrons. The van der Waals surface area contributed by atoms with Gasteiger partial charge in [0.15, 0.2) is 0 Å². The maximum Gasteiger partial charge on any atom is 0.290 e. The molecule has 2 heterocycles. The number of hydrazine groups is 1. The minimum Gasteiger partial charge on any atom is -0.334 e. The summed E-state index contributed by atoms with van der Waals surface area (Å²) in [4.78, 5) is 30.9. The van der Waals surface area contributed by atoms with Crippen molar-refractivity contribution in [1.29, 1.82) is 0 Å². The average molecular weight is 318 g/mol. The first-order chi connectivity index (χ1) is 10.7. The van der Waals surface area contributed by atoms with Gasteiger partial charge >= 0.3 is 0 Å². The topological polar surface area (TPSA) is 65.0 Å². The van der Waals surface area contributed by atoms with Gasteiger partial charge in [0, 0.05) is 24.6 Å². The van der Waals surface area contributed by atoms with E-state index in [2.05, 4.69) is 10.4 Å². The second-order valence-corrected chi connectivity index (χ2v) is 6.40. The van der Waals surface area contributed by atoms with E-state index in [-0.39, 0.29) is 17.6 Å². The number of amidine groups is 1. The van der Waals surface area contributed by atoms with E-state index in [4.69, 9.17) is 0 Å². The van der Waals surface area contributed by atoms with Crippen molar-refractivity contribution in [3.05, 3.63) is 30.3 Å². The third kappa shape index (κ3) is 2.94. The number of rotatable bonds is 2. The van der Waals surface area contributed by atoms with Crippen molar-refractivity contribution in [2.24, 2.45) is 4.99 Å². The van der Waals surface area contributed by atoms with Crippen LogP contribution in [-0.2, 0) is 9.59 Å². The molecule has 0 bridgehead atoms. The number of anilines is 1. The number of amides is 2. The molecule has 1 aromatic carbocycles. The highest BCUT2D eigenvalue weighted by Gasteiger charge is 2.32. The summed E-state index contributed by atoms with van der Waals surface area (Å²) in [6, 6.07) is 8.66. The van der Waals surface area contributed by atoms with Crippen LogP contribution in [0.4, 0.5) is 5.69 Å². The van der Waals surface area contributed by atoms with E-state index < -0.39 is 6.04 Å². The number of benzene rings is 1. The number of nitrogens with one attached hydrogen (secondary N) is 1.